The average molecular weight is 428 g/mol. The van der Waals surface area contributed by atoms with Crippen molar-refractivity contribution in [3.05, 3.63) is 59.2 Å². The lowest BCUT2D eigenvalue weighted by molar-refractivity contribution is 0.0616. The Labute approximate surface area is 181 Å². The first-order valence-electron chi connectivity index (χ1n) is 9.88. The predicted octanol–water partition coefficient (Wildman–Crippen LogP) is 3.12. The van der Waals surface area contributed by atoms with Crippen LogP contribution < -0.4 is 15.4 Å². The molecule has 3 rings (SSSR count). The number of aliphatic hydroxyl groups is 1. The van der Waals surface area contributed by atoms with Crippen molar-refractivity contribution < 1.29 is 9.84 Å². The predicted molar refractivity (Wildman–Crippen MR) is 122 cm³/mol. The first-order valence-corrected chi connectivity index (χ1v) is 10.7. The van der Waals surface area contributed by atoms with Gasteiger partial charge >= 0.3 is 0 Å². The lowest BCUT2D eigenvalue weighted by atomic mass is 10.00. The Hall–Kier alpha value is -2.84. The van der Waals surface area contributed by atoms with Crippen molar-refractivity contribution >= 4 is 17.3 Å². The van der Waals surface area contributed by atoms with E-state index in [4.69, 9.17) is 4.74 Å². The molecular weight excluding hydrogens is 398 g/mol. The van der Waals surface area contributed by atoms with Gasteiger partial charge in [0, 0.05) is 35.1 Å². The van der Waals surface area contributed by atoms with Crippen LogP contribution in [-0.4, -0.2) is 41.0 Å². The summed E-state index contributed by atoms with van der Waals surface area (Å²) in [7, 11) is 3.50. The minimum Gasteiger partial charge on any atom is -0.497 e. The van der Waals surface area contributed by atoms with E-state index >= 15 is 0 Å². The summed E-state index contributed by atoms with van der Waals surface area (Å²) in [5.41, 5.74) is 0.874. The maximum absolute atomic E-state index is 10.8. The zero-order valence-electron chi connectivity index (χ0n) is 17.8. The molecule has 0 fully saturated rings. The van der Waals surface area contributed by atoms with Crippen molar-refractivity contribution in [2.24, 2.45) is 12.0 Å². The Balaban J connectivity index is 1.63. The SMILES string of the molecule is CCNC(=NCc1ccc(-c2ccc(OC)cc2)s1)NCC(C)(O)c1cnn(C)c1. The molecule has 8 heteroatoms. The van der Waals surface area contributed by atoms with Gasteiger partial charge in [0.15, 0.2) is 5.96 Å². The van der Waals surface area contributed by atoms with Gasteiger partial charge in [-0.15, -0.1) is 11.3 Å². The highest BCUT2D eigenvalue weighted by Gasteiger charge is 2.25. The number of hydrogen-bond donors (Lipinski definition) is 3. The maximum Gasteiger partial charge on any atom is 0.191 e. The standard InChI is InChI=1S/C22H29N5O2S/c1-5-23-21(25-15-22(2,28)17-12-26-27(3)14-17)24-13-19-10-11-20(30-19)16-6-8-18(29-4)9-7-16/h6-12,14,28H,5,13,15H2,1-4H3,(H2,23,24,25). The Kier molecular flexibility index (Phi) is 7.12. The van der Waals surface area contributed by atoms with Crippen LogP contribution in [0.25, 0.3) is 10.4 Å². The normalized spacial score (nSPS) is 13.7. The number of thiophene rings is 1. The van der Waals surface area contributed by atoms with Crippen LogP contribution in [0, 0.1) is 0 Å². The van der Waals surface area contributed by atoms with Gasteiger partial charge in [0.1, 0.15) is 11.4 Å². The van der Waals surface area contributed by atoms with Crippen LogP contribution in [0.15, 0.2) is 53.8 Å². The van der Waals surface area contributed by atoms with E-state index in [0.717, 1.165) is 28.3 Å². The quantitative estimate of drug-likeness (QED) is 0.380. The molecular formula is C22H29N5O2S. The first kappa shape index (κ1) is 21.9. The second-order valence-corrected chi connectivity index (χ2v) is 8.39. The molecule has 2 heterocycles. The number of benzene rings is 1. The molecule has 0 saturated carbocycles. The molecule has 0 radical (unpaired) electrons. The second kappa shape index (κ2) is 9.77. The summed E-state index contributed by atoms with van der Waals surface area (Å²) < 4.78 is 6.90. The van der Waals surface area contributed by atoms with E-state index < -0.39 is 5.60 Å². The molecule has 0 bridgehead atoms. The first-order chi connectivity index (χ1) is 14.4. The smallest absolute Gasteiger partial charge is 0.191 e. The van der Waals surface area contributed by atoms with Gasteiger partial charge in [0.2, 0.25) is 0 Å². The summed E-state index contributed by atoms with van der Waals surface area (Å²) in [4.78, 5) is 7.03. The third kappa shape index (κ3) is 5.61. The van der Waals surface area contributed by atoms with Crippen LogP contribution in [0.3, 0.4) is 0 Å². The van der Waals surface area contributed by atoms with Gasteiger partial charge < -0.3 is 20.5 Å². The van der Waals surface area contributed by atoms with E-state index in [9.17, 15) is 5.11 Å². The summed E-state index contributed by atoms with van der Waals surface area (Å²) >= 11 is 1.72. The highest BCUT2D eigenvalue weighted by atomic mass is 32.1. The average Bonchev–Trinajstić information content (AvgIpc) is 3.40. The van der Waals surface area contributed by atoms with Crippen molar-refractivity contribution in [2.45, 2.75) is 26.0 Å². The fourth-order valence-electron chi connectivity index (χ4n) is 2.93. The van der Waals surface area contributed by atoms with Crippen molar-refractivity contribution in [2.75, 3.05) is 20.2 Å². The summed E-state index contributed by atoms with van der Waals surface area (Å²) in [6.07, 6.45) is 3.50. The molecule has 0 saturated heterocycles. The van der Waals surface area contributed by atoms with Crippen LogP contribution in [0.2, 0.25) is 0 Å². The lowest BCUT2D eigenvalue weighted by Crippen LogP contribution is -2.44. The molecule has 160 valence electrons. The summed E-state index contributed by atoms with van der Waals surface area (Å²) in [6, 6.07) is 12.3. The number of ether oxygens (including phenoxy) is 1. The zero-order valence-corrected chi connectivity index (χ0v) is 18.7. The fourth-order valence-corrected chi connectivity index (χ4v) is 3.87. The van der Waals surface area contributed by atoms with E-state index in [1.165, 1.54) is 4.88 Å². The molecule has 0 amide bonds. The summed E-state index contributed by atoms with van der Waals surface area (Å²) in [5.74, 6) is 1.52. The Morgan fingerprint density at radius 2 is 2.00 bits per heavy atom. The summed E-state index contributed by atoms with van der Waals surface area (Å²) in [6.45, 7) is 5.41. The van der Waals surface area contributed by atoms with Crippen LogP contribution in [0.5, 0.6) is 5.75 Å². The molecule has 1 unspecified atom stereocenters. The lowest BCUT2D eigenvalue weighted by Gasteiger charge is -2.23. The summed E-state index contributed by atoms with van der Waals surface area (Å²) in [5, 5.41) is 21.4. The van der Waals surface area contributed by atoms with Gasteiger partial charge in [-0.05, 0) is 55.8 Å². The molecule has 2 aromatic heterocycles. The minimum atomic E-state index is -1.05. The van der Waals surface area contributed by atoms with Gasteiger partial charge in [-0.1, -0.05) is 0 Å². The largest absolute Gasteiger partial charge is 0.497 e. The fraction of sp³-hybridized carbons (Fsp3) is 0.364. The van der Waals surface area contributed by atoms with Gasteiger partial charge in [0.25, 0.3) is 0 Å². The molecule has 30 heavy (non-hydrogen) atoms. The van der Waals surface area contributed by atoms with Gasteiger partial charge in [-0.25, -0.2) is 4.99 Å². The molecule has 1 aromatic carbocycles. The monoisotopic (exact) mass is 427 g/mol. The number of methoxy groups -OCH3 is 1. The maximum atomic E-state index is 10.8. The molecule has 7 nitrogen and oxygen atoms in total. The number of aryl methyl sites for hydroxylation is 1. The molecule has 0 aliphatic heterocycles. The number of aliphatic imine (C=N–C) groups is 1. The molecule has 0 aliphatic rings. The zero-order chi connectivity index (χ0) is 21.6. The topological polar surface area (TPSA) is 83.7 Å². The third-order valence-corrected chi connectivity index (χ3v) is 5.82. The number of rotatable bonds is 8. The number of guanidine groups is 1. The van der Waals surface area contributed by atoms with Crippen molar-refractivity contribution in [3.63, 3.8) is 0 Å². The van der Waals surface area contributed by atoms with Gasteiger partial charge in [-0.3, -0.25) is 4.68 Å². The highest BCUT2D eigenvalue weighted by Crippen LogP contribution is 2.29. The van der Waals surface area contributed by atoms with E-state index in [2.05, 4.69) is 45.0 Å². The molecule has 0 spiro atoms. The Morgan fingerprint density at radius 1 is 1.23 bits per heavy atom. The molecule has 0 aliphatic carbocycles. The van der Waals surface area contributed by atoms with E-state index in [1.54, 1.807) is 36.2 Å². The van der Waals surface area contributed by atoms with Crippen LogP contribution >= 0.6 is 11.3 Å². The number of hydrogen-bond acceptors (Lipinski definition) is 5. The molecule has 1 atom stereocenters. The number of aromatic nitrogens is 2. The van der Waals surface area contributed by atoms with Crippen molar-refractivity contribution in [3.8, 4) is 16.2 Å². The van der Waals surface area contributed by atoms with Crippen LogP contribution in [0.4, 0.5) is 0 Å². The van der Waals surface area contributed by atoms with Gasteiger partial charge in [0.05, 0.1) is 26.4 Å². The van der Waals surface area contributed by atoms with Crippen molar-refractivity contribution in [1.82, 2.24) is 20.4 Å². The number of nitrogens with one attached hydrogen (secondary N) is 2. The highest BCUT2D eigenvalue weighted by molar-refractivity contribution is 7.15. The van der Waals surface area contributed by atoms with E-state index in [1.807, 2.05) is 32.3 Å². The van der Waals surface area contributed by atoms with E-state index in [-0.39, 0.29) is 0 Å². The third-order valence-electron chi connectivity index (χ3n) is 4.70. The van der Waals surface area contributed by atoms with Crippen molar-refractivity contribution in [1.29, 1.82) is 0 Å². The van der Waals surface area contributed by atoms with Gasteiger partial charge in [-0.2, -0.15) is 5.10 Å². The Bertz CT molecular complexity index is 976. The Morgan fingerprint density at radius 3 is 2.63 bits per heavy atom. The minimum absolute atomic E-state index is 0.325. The second-order valence-electron chi connectivity index (χ2n) is 7.22. The molecule has 3 N–H and O–H groups in total. The van der Waals surface area contributed by atoms with E-state index in [0.29, 0.717) is 19.0 Å². The number of nitrogens with zero attached hydrogens (tertiary/aromatic N) is 3. The van der Waals surface area contributed by atoms with Crippen LogP contribution in [-0.2, 0) is 19.2 Å². The molecule has 3 aromatic rings. The van der Waals surface area contributed by atoms with Crippen LogP contribution in [0.1, 0.15) is 24.3 Å².